The first kappa shape index (κ1) is 11.3. The predicted molar refractivity (Wildman–Crippen MR) is 61.3 cm³/mol. The van der Waals surface area contributed by atoms with Gasteiger partial charge in [-0.25, -0.2) is 4.42 Å². The molecule has 2 nitrogen and oxygen atoms in total. The van der Waals surface area contributed by atoms with E-state index in [1.165, 1.54) is 6.42 Å². The van der Waals surface area contributed by atoms with Gasteiger partial charge in [-0.05, 0) is 31.5 Å². The van der Waals surface area contributed by atoms with Crippen molar-refractivity contribution in [2.75, 3.05) is 0 Å². The fourth-order valence-electron chi connectivity index (χ4n) is 3.15. The van der Waals surface area contributed by atoms with Crippen LogP contribution < -0.4 is 0 Å². The molecule has 84 valence electrons. The number of terminal acetylenes is 1. The van der Waals surface area contributed by atoms with Crippen molar-refractivity contribution in [2.45, 2.75) is 56.7 Å². The lowest BCUT2D eigenvalue weighted by atomic mass is 9.68. The Morgan fingerprint density at radius 1 is 1.47 bits per heavy atom. The summed E-state index contributed by atoms with van der Waals surface area (Å²) in [5, 5.41) is 10.4. The Balaban J connectivity index is 2.27. The minimum atomic E-state index is -0.935. The highest BCUT2D eigenvalue weighted by Crippen LogP contribution is 2.44. The van der Waals surface area contributed by atoms with Gasteiger partial charge in [0.2, 0.25) is 0 Å². The molecule has 3 heteroatoms. The van der Waals surface area contributed by atoms with E-state index in [-0.39, 0.29) is 18.0 Å². The van der Waals surface area contributed by atoms with Crippen LogP contribution in [0, 0.1) is 18.3 Å². The van der Waals surface area contributed by atoms with Gasteiger partial charge in [0.15, 0.2) is 0 Å². The molecular weight excluding hydrogens is 210 g/mol. The van der Waals surface area contributed by atoms with Crippen molar-refractivity contribution in [3.63, 3.8) is 0 Å². The fourth-order valence-corrected chi connectivity index (χ4v) is 3.45. The van der Waals surface area contributed by atoms with Crippen LogP contribution in [0.5, 0.6) is 0 Å². The van der Waals surface area contributed by atoms with Gasteiger partial charge in [-0.2, -0.15) is 0 Å². The largest absolute Gasteiger partial charge is 0.377 e. The first-order valence-corrected chi connectivity index (χ1v) is 6.06. The van der Waals surface area contributed by atoms with E-state index in [2.05, 4.69) is 5.92 Å². The number of rotatable bonds is 0. The molecule has 0 spiro atoms. The zero-order chi connectivity index (χ0) is 11.1. The van der Waals surface area contributed by atoms with Crippen LogP contribution in [0.2, 0.25) is 0 Å². The molecule has 1 N–H and O–H groups in total. The van der Waals surface area contributed by atoms with Crippen LogP contribution in [0.15, 0.2) is 0 Å². The minimum Gasteiger partial charge on any atom is -0.377 e. The number of nitrogens with zero attached hydrogens (tertiary/aromatic N) is 1. The Hall–Kier alpha value is -0.230. The maximum Gasteiger partial charge on any atom is 0.131 e. The van der Waals surface area contributed by atoms with Gasteiger partial charge in [-0.15, -0.1) is 6.42 Å². The molecule has 1 saturated carbocycles. The highest BCUT2D eigenvalue weighted by atomic mass is 35.5. The number of fused-ring (bicyclic) bond motifs is 1. The average molecular weight is 228 g/mol. The smallest absolute Gasteiger partial charge is 0.131 e. The second-order valence-corrected chi connectivity index (χ2v) is 5.31. The van der Waals surface area contributed by atoms with E-state index < -0.39 is 5.60 Å². The lowest BCUT2D eigenvalue weighted by molar-refractivity contribution is -0.0710. The van der Waals surface area contributed by atoms with Crippen LogP contribution in [-0.2, 0) is 0 Å². The van der Waals surface area contributed by atoms with Gasteiger partial charge in [0.05, 0.1) is 0 Å². The van der Waals surface area contributed by atoms with E-state index in [1.54, 1.807) is 0 Å². The fraction of sp³-hybridized carbons (Fsp3) is 0.833. The van der Waals surface area contributed by atoms with E-state index >= 15 is 0 Å². The quantitative estimate of drug-likeness (QED) is 0.507. The predicted octanol–water partition coefficient (Wildman–Crippen LogP) is 2.16. The molecule has 4 atom stereocenters. The Kier molecular flexibility index (Phi) is 2.98. The van der Waals surface area contributed by atoms with Gasteiger partial charge >= 0.3 is 0 Å². The topological polar surface area (TPSA) is 23.5 Å². The van der Waals surface area contributed by atoms with Crippen LogP contribution >= 0.6 is 11.8 Å². The van der Waals surface area contributed by atoms with Crippen molar-refractivity contribution in [3.8, 4) is 12.3 Å². The monoisotopic (exact) mass is 227 g/mol. The summed E-state index contributed by atoms with van der Waals surface area (Å²) < 4.78 is 1.88. The molecule has 2 aliphatic rings. The summed E-state index contributed by atoms with van der Waals surface area (Å²) in [4.78, 5) is 0. The first-order valence-electron chi connectivity index (χ1n) is 5.73. The maximum absolute atomic E-state index is 10.4. The van der Waals surface area contributed by atoms with E-state index in [9.17, 15) is 5.11 Å². The second kappa shape index (κ2) is 3.97. The summed E-state index contributed by atoms with van der Waals surface area (Å²) in [6.07, 6.45) is 10.5. The summed E-state index contributed by atoms with van der Waals surface area (Å²) in [5.41, 5.74) is -0.935. The Morgan fingerprint density at radius 2 is 2.13 bits per heavy atom. The van der Waals surface area contributed by atoms with Gasteiger partial charge in [0, 0.05) is 24.4 Å². The van der Waals surface area contributed by atoms with E-state index in [0.29, 0.717) is 6.42 Å². The SMILES string of the molecule is C#CC1(O)CC(C)N(Cl)C2CCCCC21. The molecule has 0 aromatic carbocycles. The van der Waals surface area contributed by atoms with E-state index in [4.69, 9.17) is 18.2 Å². The zero-order valence-corrected chi connectivity index (χ0v) is 9.87. The average Bonchev–Trinajstić information content (AvgIpc) is 2.26. The molecule has 1 aliphatic carbocycles. The van der Waals surface area contributed by atoms with Crippen molar-refractivity contribution in [1.82, 2.24) is 4.42 Å². The first-order chi connectivity index (χ1) is 7.08. The molecule has 15 heavy (non-hydrogen) atoms. The molecule has 1 aliphatic heterocycles. The lowest BCUT2D eigenvalue weighted by Crippen LogP contribution is -2.58. The molecule has 0 bridgehead atoms. The molecule has 1 saturated heterocycles. The van der Waals surface area contributed by atoms with Crippen LogP contribution in [0.3, 0.4) is 0 Å². The van der Waals surface area contributed by atoms with Crippen molar-refractivity contribution in [1.29, 1.82) is 0 Å². The summed E-state index contributed by atoms with van der Waals surface area (Å²) in [6, 6.07) is 0.414. The Bertz CT molecular complexity index is 288. The zero-order valence-electron chi connectivity index (χ0n) is 9.12. The van der Waals surface area contributed by atoms with Crippen LogP contribution in [0.4, 0.5) is 0 Å². The number of piperidine rings is 1. The standard InChI is InChI=1S/C12H18ClNO/c1-3-12(15)8-9(2)14(13)11-7-5-4-6-10(11)12/h1,9-11,15H,4-8H2,2H3. The second-order valence-electron chi connectivity index (χ2n) is 4.92. The van der Waals surface area contributed by atoms with E-state index in [1.807, 2.05) is 11.3 Å². The van der Waals surface area contributed by atoms with Gasteiger partial charge in [-0.3, -0.25) is 0 Å². The molecule has 0 radical (unpaired) electrons. The third-order valence-corrected chi connectivity index (χ3v) is 4.52. The van der Waals surface area contributed by atoms with Crippen molar-refractivity contribution < 1.29 is 5.11 Å². The summed E-state index contributed by atoms with van der Waals surface area (Å²) in [6.45, 7) is 2.03. The molecule has 0 aromatic rings. The number of aliphatic hydroxyl groups is 1. The Morgan fingerprint density at radius 3 is 2.80 bits per heavy atom. The summed E-state index contributed by atoms with van der Waals surface area (Å²) in [5.74, 6) is 2.76. The van der Waals surface area contributed by atoms with Crippen molar-refractivity contribution in [2.24, 2.45) is 5.92 Å². The van der Waals surface area contributed by atoms with Gasteiger partial charge < -0.3 is 5.11 Å². The summed E-state index contributed by atoms with van der Waals surface area (Å²) in [7, 11) is 0. The van der Waals surface area contributed by atoms with Gasteiger partial charge in [0.25, 0.3) is 0 Å². The van der Waals surface area contributed by atoms with Gasteiger partial charge in [0.1, 0.15) is 5.60 Å². The number of hydrogen-bond acceptors (Lipinski definition) is 2. The molecular formula is C12H18ClNO. The van der Waals surface area contributed by atoms with Crippen LogP contribution in [0.1, 0.15) is 39.0 Å². The molecule has 0 aromatic heterocycles. The van der Waals surface area contributed by atoms with Crippen molar-refractivity contribution >= 4 is 11.8 Å². The van der Waals surface area contributed by atoms with Crippen LogP contribution in [0.25, 0.3) is 0 Å². The number of hydrogen-bond donors (Lipinski definition) is 1. The number of halogens is 1. The minimum absolute atomic E-state index is 0.157. The maximum atomic E-state index is 10.4. The molecule has 2 rings (SSSR count). The van der Waals surface area contributed by atoms with Gasteiger partial charge in [-0.1, -0.05) is 18.8 Å². The highest BCUT2D eigenvalue weighted by Gasteiger charge is 2.49. The molecule has 2 fully saturated rings. The molecule has 0 amide bonds. The molecule has 4 unspecified atom stereocenters. The lowest BCUT2D eigenvalue weighted by Gasteiger charge is -2.50. The third-order valence-electron chi connectivity index (χ3n) is 3.94. The Labute approximate surface area is 96.7 Å². The highest BCUT2D eigenvalue weighted by molar-refractivity contribution is 6.13. The molecule has 1 heterocycles. The van der Waals surface area contributed by atoms with E-state index in [0.717, 1.165) is 19.3 Å². The normalized spacial score (nSPS) is 46.9. The van der Waals surface area contributed by atoms with Crippen molar-refractivity contribution in [3.05, 3.63) is 0 Å². The van der Waals surface area contributed by atoms with Crippen LogP contribution in [-0.4, -0.2) is 27.2 Å². The summed E-state index contributed by atoms with van der Waals surface area (Å²) >= 11 is 6.28. The third kappa shape index (κ3) is 1.78.